The van der Waals surface area contributed by atoms with Gasteiger partial charge in [0.15, 0.2) is 11.8 Å². The standard InChI is InChI=1S/C20H20N2O2/c1-13-21-19(11-23-13)17-9-5-3-7-15(17)16-8-4-6-10-18(16)20-12-24-14(2)22-20/h3-10,19-20H,11-12H2,1-2H3/t19-,20-/m1/s1. The van der Waals surface area contributed by atoms with Gasteiger partial charge in [-0.15, -0.1) is 0 Å². The maximum Gasteiger partial charge on any atom is 0.180 e. The summed E-state index contributed by atoms with van der Waals surface area (Å²) in [6.07, 6.45) is 0. The van der Waals surface area contributed by atoms with Crippen LogP contribution in [-0.4, -0.2) is 25.0 Å². The topological polar surface area (TPSA) is 43.2 Å². The van der Waals surface area contributed by atoms with Crippen LogP contribution in [0.25, 0.3) is 11.1 Å². The SMILES string of the molecule is CC1=N[C@@H](c2ccccc2-c2ccccc2[C@H]2COC(C)=N2)CO1. The largest absolute Gasteiger partial charge is 0.479 e. The Kier molecular flexibility index (Phi) is 3.81. The first-order valence-electron chi connectivity index (χ1n) is 8.25. The van der Waals surface area contributed by atoms with Crippen LogP contribution in [0, 0.1) is 0 Å². The van der Waals surface area contributed by atoms with Crippen molar-refractivity contribution < 1.29 is 9.47 Å². The van der Waals surface area contributed by atoms with Gasteiger partial charge in [0.25, 0.3) is 0 Å². The number of rotatable bonds is 3. The molecule has 122 valence electrons. The molecule has 0 aliphatic carbocycles. The van der Waals surface area contributed by atoms with E-state index in [9.17, 15) is 0 Å². The van der Waals surface area contributed by atoms with Crippen LogP contribution in [0.15, 0.2) is 58.5 Å². The molecule has 0 radical (unpaired) electrons. The van der Waals surface area contributed by atoms with Crippen molar-refractivity contribution in [2.45, 2.75) is 25.9 Å². The number of hydrogen-bond acceptors (Lipinski definition) is 4. The van der Waals surface area contributed by atoms with Crippen molar-refractivity contribution in [2.75, 3.05) is 13.2 Å². The van der Waals surface area contributed by atoms with Crippen molar-refractivity contribution in [1.29, 1.82) is 0 Å². The molecule has 0 aromatic heterocycles. The number of benzene rings is 2. The monoisotopic (exact) mass is 320 g/mol. The third-order valence-corrected chi connectivity index (χ3v) is 4.51. The minimum Gasteiger partial charge on any atom is -0.479 e. The predicted octanol–water partition coefficient (Wildman–Crippen LogP) is 4.33. The van der Waals surface area contributed by atoms with Crippen molar-refractivity contribution >= 4 is 11.8 Å². The van der Waals surface area contributed by atoms with Gasteiger partial charge in [0.1, 0.15) is 25.3 Å². The van der Waals surface area contributed by atoms with E-state index in [1.54, 1.807) is 0 Å². The molecule has 2 heterocycles. The van der Waals surface area contributed by atoms with E-state index < -0.39 is 0 Å². The molecule has 4 nitrogen and oxygen atoms in total. The molecule has 0 fully saturated rings. The average Bonchev–Trinajstić information content (AvgIpc) is 3.23. The van der Waals surface area contributed by atoms with Crippen LogP contribution < -0.4 is 0 Å². The Bertz CT molecular complexity index is 756. The second-order valence-corrected chi connectivity index (χ2v) is 6.12. The lowest BCUT2D eigenvalue weighted by molar-refractivity contribution is 0.316. The fourth-order valence-electron chi connectivity index (χ4n) is 3.37. The highest BCUT2D eigenvalue weighted by Crippen LogP contribution is 2.37. The van der Waals surface area contributed by atoms with E-state index >= 15 is 0 Å². The lowest BCUT2D eigenvalue weighted by atomic mass is 9.90. The molecule has 2 atom stereocenters. The summed E-state index contributed by atoms with van der Waals surface area (Å²) in [6, 6.07) is 17.0. The van der Waals surface area contributed by atoms with Crippen LogP contribution in [0.3, 0.4) is 0 Å². The summed E-state index contributed by atoms with van der Waals surface area (Å²) < 4.78 is 11.1. The lowest BCUT2D eigenvalue weighted by Gasteiger charge is -2.17. The molecular formula is C20H20N2O2. The Morgan fingerprint density at radius 1 is 0.708 bits per heavy atom. The van der Waals surface area contributed by atoms with Gasteiger partial charge in [-0.25, -0.2) is 9.98 Å². The van der Waals surface area contributed by atoms with E-state index in [1.165, 1.54) is 22.3 Å². The first kappa shape index (κ1) is 14.9. The van der Waals surface area contributed by atoms with Gasteiger partial charge in [0, 0.05) is 13.8 Å². The molecule has 2 aliphatic rings. The minimum atomic E-state index is 0.0549. The third kappa shape index (κ3) is 2.68. The molecule has 0 saturated carbocycles. The molecule has 0 amide bonds. The molecule has 0 saturated heterocycles. The summed E-state index contributed by atoms with van der Waals surface area (Å²) in [5, 5.41) is 0. The van der Waals surface area contributed by atoms with E-state index in [4.69, 9.17) is 9.47 Å². The fraction of sp³-hybridized carbons (Fsp3) is 0.300. The predicted molar refractivity (Wildman–Crippen MR) is 95.5 cm³/mol. The Morgan fingerprint density at radius 3 is 1.50 bits per heavy atom. The molecule has 2 aromatic carbocycles. The Hall–Kier alpha value is -2.62. The Labute approximate surface area is 141 Å². The van der Waals surface area contributed by atoms with Gasteiger partial charge < -0.3 is 9.47 Å². The van der Waals surface area contributed by atoms with Crippen molar-refractivity contribution in [3.63, 3.8) is 0 Å². The highest BCUT2D eigenvalue weighted by atomic mass is 16.5. The Morgan fingerprint density at radius 2 is 1.12 bits per heavy atom. The van der Waals surface area contributed by atoms with Crippen molar-refractivity contribution in [3.8, 4) is 11.1 Å². The zero-order chi connectivity index (χ0) is 16.5. The lowest BCUT2D eigenvalue weighted by Crippen LogP contribution is -2.04. The van der Waals surface area contributed by atoms with E-state index in [0.717, 1.165) is 11.8 Å². The van der Waals surface area contributed by atoms with Gasteiger partial charge >= 0.3 is 0 Å². The zero-order valence-corrected chi connectivity index (χ0v) is 13.9. The van der Waals surface area contributed by atoms with Crippen LogP contribution in [0.5, 0.6) is 0 Å². The minimum absolute atomic E-state index is 0.0549. The summed E-state index contributed by atoms with van der Waals surface area (Å²) >= 11 is 0. The van der Waals surface area contributed by atoms with Crippen LogP contribution in [0.1, 0.15) is 37.1 Å². The van der Waals surface area contributed by atoms with E-state index in [0.29, 0.717) is 13.2 Å². The van der Waals surface area contributed by atoms with Crippen molar-refractivity contribution in [3.05, 3.63) is 59.7 Å². The highest BCUT2D eigenvalue weighted by Gasteiger charge is 2.25. The van der Waals surface area contributed by atoms with Crippen molar-refractivity contribution in [2.24, 2.45) is 9.98 Å². The number of nitrogens with zero attached hydrogens (tertiary/aromatic N) is 2. The average molecular weight is 320 g/mol. The van der Waals surface area contributed by atoms with Crippen LogP contribution in [-0.2, 0) is 9.47 Å². The maximum atomic E-state index is 5.56. The van der Waals surface area contributed by atoms with E-state index in [1.807, 2.05) is 13.8 Å². The quantitative estimate of drug-likeness (QED) is 0.844. The summed E-state index contributed by atoms with van der Waals surface area (Å²) in [5.74, 6) is 1.51. The summed E-state index contributed by atoms with van der Waals surface area (Å²) in [6.45, 7) is 5.03. The van der Waals surface area contributed by atoms with Gasteiger partial charge in [-0.05, 0) is 22.3 Å². The van der Waals surface area contributed by atoms with Gasteiger partial charge in [0.2, 0.25) is 0 Å². The number of ether oxygens (including phenoxy) is 2. The van der Waals surface area contributed by atoms with Crippen LogP contribution in [0.4, 0.5) is 0 Å². The molecular weight excluding hydrogens is 300 g/mol. The molecule has 0 unspecified atom stereocenters. The van der Waals surface area contributed by atoms with E-state index in [-0.39, 0.29) is 12.1 Å². The third-order valence-electron chi connectivity index (χ3n) is 4.51. The molecule has 0 bridgehead atoms. The second-order valence-electron chi connectivity index (χ2n) is 6.12. The fourth-order valence-corrected chi connectivity index (χ4v) is 3.37. The van der Waals surface area contributed by atoms with Crippen LogP contribution in [0.2, 0.25) is 0 Å². The maximum absolute atomic E-state index is 5.56. The molecule has 24 heavy (non-hydrogen) atoms. The van der Waals surface area contributed by atoms with E-state index in [2.05, 4.69) is 58.5 Å². The second kappa shape index (κ2) is 6.11. The smallest absolute Gasteiger partial charge is 0.180 e. The Balaban J connectivity index is 1.81. The molecule has 4 heteroatoms. The number of hydrogen-bond donors (Lipinski definition) is 0. The molecule has 0 N–H and O–H groups in total. The summed E-state index contributed by atoms with van der Waals surface area (Å²) in [4.78, 5) is 9.25. The van der Waals surface area contributed by atoms with Crippen LogP contribution >= 0.6 is 0 Å². The van der Waals surface area contributed by atoms with Gasteiger partial charge in [0.05, 0.1) is 0 Å². The van der Waals surface area contributed by atoms with Crippen molar-refractivity contribution in [1.82, 2.24) is 0 Å². The zero-order valence-electron chi connectivity index (χ0n) is 13.9. The number of aliphatic imine (C=N–C) groups is 2. The highest BCUT2D eigenvalue weighted by molar-refractivity contribution is 5.78. The molecule has 2 aliphatic heterocycles. The first-order chi connectivity index (χ1) is 11.7. The van der Waals surface area contributed by atoms with Gasteiger partial charge in [-0.3, -0.25) is 0 Å². The molecule has 4 rings (SSSR count). The molecule has 0 spiro atoms. The summed E-state index contributed by atoms with van der Waals surface area (Å²) in [7, 11) is 0. The first-order valence-corrected chi connectivity index (χ1v) is 8.25. The molecule has 2 aromatic rings. The normalized spacial score (nSPS) is 22.6. The summed E-state index contributed by atoms with van der Waals surface area (Å²) in [5.41, 5.74) is 4.78. The van der Waals surface area contributed by atoms with Gasteiger partial charge in [-0.1, -0.05) is 48.5 Å². The van der Waals surface area contributed by atoms with Gasteiger partial charge in [-0.2, -0.15) is 0 Å².